The summed E-state index contributed by atoms with van der Waals surface area (Å²) in [5.41, 5.74) is 1.97. The molecule has 0 aliphatic rings. The van der Waals surface area contributed by atoms with Crippen molar-refractivity contribution in [1.82, 2.24) is 5.32 Å². The van der Waals surface area contributed by atoms with Gasteiger partial charge in [-0.15, -0.1) is 0 Å². The molecule has 4 heteroatoms. The zero-order chi connectivity index (χ0) is 15.5. The van der Waals surface area contributed by atoms with E-state index in [2.05, 4.69) is 31.3 Å². The van der Waals surface area contributed by atoms with E-state index in [9.17, 15) is 5.11 Å². The van der Waals surface area contributed by atoms with Crippen molar-refractivity contribution >= 4 is 23.2 Å². The molecule has 112 valence electrons. The number of phenols is 1. The Morgan fingerprint density at radius 3 is 2.43 bits per heavy atom. The van der Waals surface area contributed by atoms with Crippen LogP contribution in [0.5, 0.6) is 5.75 Å². The van der Waals surface area contributed by atoms with Crippen molar-refractivity contribution in [2.45, 2.75) is 25.8 Å². The summed E-state index contributed by atoms with van der Waals surface area (Å²) in [5, 5.41) is 14.1. The van der Waals surface area contributed by atoms with Crippen LogP contribution in [0.25, 0.3) is 0 Å². The number of rotatable bonds is 5. The highest BCUT2D eigenvalue weighted by molar-refractivity contribution is 6.35. The molecule has 0 heterocycles. The van der Waals surface area contributed by atoms with Crippen LogP contribution in [0, 0.1) is 0 Å². The van der Waals surface area contributed by atoms with Gasteiger partial charge in [0, 0.05) is 29.1 Å². The van der Waals surface area contributed by atoms with Gasteiger partial charge in [0.1, 0.15) is 5.75 Å². The first-order valence-corrected chi connectivity index (χ1v) is 7.59. The molecule has 0 bridgehead atoms. The summed E-state index contributed by atoms with van der Waals surface area (Å²) in [6.45, 7) is 5.66. The number of hydrogen-bond donors (Lipinski definition) is 2. The summed E-state index contributed by atoms with van der Waals surface area (Å²) >= 11 is 11.9. The molecule has 0 amide bonds. The minimum absolute atomic E-state index is 0.000745. The molecule has 21 heavy (non-hydrogen) atoms. The lowest BCUT2D eigenvalue weighted by atomic mass is 9.84. The molecule has 0 unspecified atom stereocenters. The third-order valence-corrected chi connectivity index (χ3v) is 4.05. The minimum Gasteiger partial charge on any atom is -0.506 e. The molecule has 2 N–H and O–H groups in total. The maximum absolute atomic E-state index is 9.94. The largest absolute Gasteiger partial charge is 0.506 e. The number of nitrogens with one attached hydrogen (secondary N) is 1. The first-order chi connectivity index (χ1) is 9.90. The standard InChI is InChI=1S/C17H19Cl2NO/c1-17(2,13-6-4-3-5-7-13)11-20-10-12-8-14(18)9-15(19)16(12)21/h3-9,20-21H,10-11H2,1-2H3. The molecule has 2 aromatic carbocycles. The predicted octanol–water partition coefficient (Wildman–Crippen LogP) is 4.77. The van der Waals surface area contributed by atoms with Crippen molar-refractivity contribution in [3.8, 4) is 5.75 Å². The maximum atomic E-state index is 9.94. The zero-order valence-corrected chi connectivity index (χ0v) is 13.7. The fourth-order valence-electron chi connectivity index (χ4n) is 2.26. The Morgan fingerprint density at radius 2 is 1.76 bits per heavy atom. The summed E-state index contributed by atoms with van der Waals surface area (Å²) in [6.07, 6.45) is 0. The van der Waals surface area contributed by atoms with Gasteiger partial charge < -0.3 is 10.4 Å². The van der Waals surface area contributed by atoms with E-state index in [-0.39, 0.29) is 16.2 Å². The quantitative estimate of drug-likeness (QED) is 0.830. The normalized spacial score (nSPS) is 11.6. The van der Waals surface area contributed by atoms with Gasteiger partial charge in [0.2, 0.25) is 0 Å². The molecule has 0 radical (unpaired) electrons. The van der Waals surface area contributed by atoms with Gasteiger partial charge in [-0.05, 0) is 17.7 Å². The third-order valence-electron chi connectivity index (χ3n) is 3.54. The van der Waals surface area contributed by atoms with Crippen LogP contribution in [0.4, 0.5) is 0 Å². The molecule has 0 spiro atoms. The van der Waals surface area contributed by atoms with Gasteiger partial charge in [0.15, 0.2) is 0 Å². The van der Waals surface area contributed by atoms with Gasteiger partial charge in [-0.3, -0.25) is 0 Å². The Balaban J connectivity index is 2.02. The lowest BCUT2D eigenvalue weighted by Gasteiger charge is -2.26. The van der Waals surface area contributed by atoms with Crippen LogP contribution >= 0.6 is 23.2 Å². The van der Waals surface area contributed by atoms with Crippen molar-refractivity contribution in [3.05, 3.63) is 63.6 Å². The number of hydrogen-bond acceptors (Lipinski definition) is 2. The van der Waals surface area contributed by atoms with Crippen molar-refractivity contribution in [1.29, 1.82) is 0 Å². The van der Waals surface area contributed by atoms with E-state index in [1.807, 2.05) is 18.2 Å². The summed E-state index contributed by atoms with van der Waals surface area (Å²) in [7, 11) is 0. The first-order valence-electron chi connectivity index (χ1n) is 6.83. The van der Waals surface area contributed by atoms with Crippen LogP contribution in [0.15, 0.2) is 42.5 Å². The molecule has 0 saturated carbocycles. The smallest absolute Gasteiger partial charge is 0.138 e. The highest BCUT2D eigenvalue weighted by Gasteiger charge is 2.20. The van der Waals surface area contributed by atoms with Crippen LogP contribution < -0.4 is 5.32 Å². The highest BCUT2D eigenvalue weighted by atomic mass is 35.5. The minimum atomic E-state index is -0.000745. The first kappa shape index (κ1) is 16.2. The Hall–Kier alpha value is -1.22. The third kappa shape index (κ3) is 4.13. The van der Waals surface area contributed by atoms with Gasteiger partial charge in [-0.25, -0.2) is 0 Å². The van der Waals surface area contributed by atoms with Crippen LogP contribution in [-0.2, 0) is 12.0 Å². The van der Waals surface area contributed by atoms with Crippen LogP contribution in [0.2, 0.25) is 10.0 Å². The Morgan fingerprint density at radius 1 is 1.10 bits per heavy atom. The fourth-order valence-corrected chi connectivity index (χ4v) is 2.79. The lowest BCUT2D eigenvalue weighted by Crippen LogP contribution is -2.32. The summed E-state index contributed by atoms with van der Waals surface area (Å²) < 4.78 is 0. The van der Waals surface area contributed by atoms with Gasteiger partial charge in [0.05, 0.1) is 5.02 Å². The summed E-state index contributed by atoms with van der Waals surface area (Å²) in [6, 6.07) is 13.6. The SMILES string of the molecule is CC(C)(CNCc1cc(Cl)cc(Cl)c1O)c1ccccc1. The van der Waals surface area contributed by atoms with E-state index < -0.39 is 0 Å². The molecule has 0 saturated heterocycles. The Bertz CT molecular complexity index is 612. The number of aromatic hydroxyl groups is 1. The number of halogens is 2. The van der Waals surface area contributed by atoms with E-state index in [1.54, 1.807) is 6.07 Å². The summed E-state index contributed by atoms with van der Waals surface area (Å²) in [4.78, 5) is 0. The van der Waals surface area contributed by atoms with Crippen molar-refractivity contribution in [2.75, 3.05) is 6.54 Å². The molecule has 2 aromatic rings. The van der Waals surface area contributed by atoms with Crippen LogP contribution in [-0.4, -0.2) is 11.7 Å². The van der Waals surface area contributed by atoms with Gasteiger partial charge in [0.25, 0.3) is 0 Å². The molecule has 2 nitrogen and oxygen atoms in total. The average Bonchev–Trinajstić information content (AvgIpc) is 2.45. The van der Waals surface area contributed by atoms with E-state index in [0.29, 0.717) is 17.1 Å². The van der Waals surface area contributed by atoms with Crippen molar-refractivity contribution < 1.29 is 5.11 Å². The van der Waals surface area contributed by atoms with Crippen LogP contribution in [0.3, 0.4) is 0 Å². The molecule has 0 aliphatic heterocycles. The van der Waals surface area contributed by atoms with Gasteiger partial charge in [-0.1, -0.05) is 67.4 Å². The maximum Gasteiger partial charge on any atom is 0.138 e. The topological polar surface area (TPSA) is 32.3 Å². The second-order valence-corrected chi connectivity index (χ2v) is 6.59. The second-order valence-electron chi connectivity index (χ2n) is 5.75. The van der Waals surface area contributed by atoms with E-state index in [0.717, 1.165) is 6.54 Å². The zero-order valence-electron chi connectivity index (χ0n) is 12.2. The van der Waals surface area contributed by atoms with Gasteiger partial charge in [-0.2, -0.15) is 0 Å². The molecule has 0 atom stereocenters. The fraction of sp³-hybridized carbons (Fsp3) is 0.294. The second kappa shape index (κ2) is 6.69. The average molecular weight is 324 g/mol. The Labute approximate surface area is 135 Å². The number of benzene rings is 2. The molecule has 0 fully saturated rings. The molecule has 0 aliphatic carbocycles. The summed E-state index contributed by atoms with van der Waals surface area (Å²) in [5.74, 6) is 0.0890. The Kier molecular flexibility index (Phi) is 5.15. The van der Waals surface area contributed by atoms with E-state index in [4.69, 9.17) is 23.2 Å². The lowest BCUT2D eigenvalue weighted by molar-refractivity contribution is 0.447. The number of phenolic OH excluding ortho intramolecular Hbond substituents is 1. The van der Waals surface area contributed by atoms with E-state index >= 15 is 0 Å². The van der Waals surface area contributed by atoms with Crippen molar-refractivity contribution in [3.63, 3.8) is 0 Å². The van der Waals surface area contributed by atoms with Crippen molar-refractivity contribution in [2.24, 2.45) is 0 Å². The highest BCUT2D eigenvalue weighted by Crippen LogP contribution is 2.31. The predicted molar refractivity (Wildman–Crippen MR) is 89.3 cm³/mol. The monoisotopic (exact) mass is 323 g/mol. The van der Waals surface area contributed by atoms with Crippen LogP contribution in [0.1, 0.15) is 25.0 Å². The van der Waals surface area contributed by atoms with Gasteiger partial charge >= 0.3 is 0 Å². The molecule has 0 aromatic heterocycles. The van der Waals surface area contributed by atoms with E-state index in [1.165, 1.54) is 11.6 Å². The molecule has 2 rings (SSSR count). The molecular weight excluding hydrogens is 305 g/mol. The molecular formula is C17H19Cl2NO.